The Morgan fingerprint density at radius 3 is 1.10 bits per heavy atom. The number of nitrogen functional groups attached to an aromatic ring is 3. The molecular weight excluding hydrogens is 1920 g/mol. The minimum atomic E-state index is -0.931. The Balaban J connectivity index is 0.000000219. The van der Waals surface area contributed by atoms with Crippen LogP contribution < -0.4 is 43.8 Å². The first-order valence-electron chi connectivity index (χ1n) is 40.2. The number of nitrogens with two attached hydrogens (primary N) is 3. The van der Waals surface area contributed by atoms with Gasteiger partial charge < -0.3 is 57.8 Å². The van der Waals surface area contributed by atoms with E-state index in [4.69, 9.17) is 36.5 Å². The molecular formula is C93H96BrCl2N19O16S4. The van der Waals surface area contributed by atoms with E-state index >= 15 is 0 Å². The summed E-state index contributed by atoms with van der Waals surface area (Å²) < 4.78 is 16.2. The molecule has 15 aromatic rings. The topological polar surface area (TPSA) is 525 Å². The van der Waals surface area contributed by atoms with Crippen molar-refractivity contribution in [2.75, 3.05) is 43.8 Å². The second kappa shape index (κ2) is 48.7. The van der Waals surface area contributed by atoms with E-state index in [1.54, 1.807) is 202 Å². The summed E-state index contributed by atoms with van der Waals surface area (Å²) >= 11 is 8.26. The molecule has 0 saturated heterocycles. The summed E-state index contributed by atoms with van der Waals surface area (Å²) in [6.07, 6.45) is 14.0. The van der Waals surface area contributed by atoms with Gasteiger partial charge in [0.1, 0.15) is 67.7 Å². The number of aromatic carboxylic acids is 1. The van der Waals surface area contributed by atoms with Crippen molar-refractivity contribution < 1.29 is 67.5 Å². The number of nitrogens with zero attached hydrogens (tertiary/aromatic N) is 11. The first-order chi connectivity index (χ1) is 62.7. The summed E-state index contributed by atoms with van der Waals surface area (Å²) in [5, 5.41) is 43.9. The maximum Gasteiger partial charge on any atom is 0.412 e. The molecule has 35 nitrogen and oxygen atoms in total. The Morgan fingerprint density at radius 1 is 0.378 bits per heavy atom. The third-order valence-electron chi connectivity index (χ3n) is 17.7. The van der Waals surface area contributed by atoms with Crippen LogP contribution in [0.1, 0.15) is 156 Å². The maximum absolute atomic E-state index is 12.7. The van der Waals surface area contributed by atoms with Crippen LogP contribution in [-0.4, -0.2) is 124 Å². The molecule has 0 fully saturated rings. The minimum Gasteiger partial charge on any atom is -0.477 e. The number of ether oxygens (including phenoxy) is 3. The lowest BCUT2D eigenvalue weighted by atomic mass is 10.1. The van der Waals surface area contributed by atoms with Gasteiger partial charge in [0, 0.05) is 130 Å². The predicted octanol–water partition coefficient (Wildman–Crippen LogP) is 21.1. The summed E-state index contributed by atoms with van der Waals surface area (Å²) in [5.74, 6) is -2.49. The number of halogens is 3. The predicted molar refractivity (Wildman–Crippen MR) is 537 cm³/mol. The van der Waals surface area contributed by atoms with Gasteiger partial charge in [-0.2, -0.15) is 0 Å². The Kier molecular flexibility index (Phi) is 38.8. The quantitative estimate of drug-likeness (QED) is 0.0108. The van der Waals surface area contributed by atoms with Crippen LogP contribution in [0.5, 0.6) is 0 Å². The van der Waals surface area contributed by atoms with Gasteiger partial charge in [0.15, 0.2) is 0 Å². The highest BCUT2D eigenvalue weighted by Crippen LogP contribution is 2.32. The number of aromatic nitrogens is 9. The van der Waals surface area contributed by atoms with Gasteiger partial charge in [-0.25, -0.2) is 34.5 Å². The molecule has 9 aromatic heterocycles. The van der Waals surface area contributed by atoms with Crippen molar-refractivity contribution in [1.29, 1.82) is 0 Å². The molecule has 0 bridgehead atoms. The highest BCUT2D eigenvalue weighted by Gasteiger charge is 2.24. The van der Waals surface area contributed by atoms with Crippen LogP contribution in [0.15, 0.2) is 206 Å². The zero-order valence-electron chi connectivity index (χ0n) is 75.5. The van der Waals surface area contributed by atoms with Gasteiger partial charge in [0.2, 0.25) is 0 Å². The third-order valence-corrected chi connectivity index (χ3v) is 22.2. The van der Waals surface area contributed by atoms with Crippen molar-refractivity contribution in [3.63, 3.8) is 0 Å². The molecule has 135 heavy (non-hydrogen) atoms. The SMILES string of the molecule is Cc1ccc(CC(=O)OC(C)(C)C)cc1N.Cc1ccc(CC(=O)OC(C)(C)C)cc1[N+](=O)[O-].Cc1ccc(N)cc1NC(=O)c1cc2nccnc2s1.Cc1ccc(N)cc1[N+](=O)[O-].Cc1ccc(NC(=O)OC(C)(C)C)cc1NC(=O)c1cc2nccnc2s1.Cc1ccc(NC(=O)c2ccnc(Br)c2)cc1NC(=O)c1cc2nccnc2s1.Cl.Cl.O=C(O)c1cc2nccnc2s1. The number of carboxylic acid groups (broad SMARTS) is 1. The fourth-order valence-electron chi connectivity index (χ4n) is 11.4. The molecule has 0 radical (unpaired) electrons. The molecule has 0 saturated carbocycles. The van der Waals surface area contributed by atoms with E-state index in [2.05, 4.69) is 87.4 Å². The number of amides is 5. The number of nitro groups is 2. The van der Waals surface area contributed by atoms with Gasteiger partial charge >= 0.3 is 24.0 Å². The lowest BCUT2D eigenvalue weighted by Crippen LogP contribution is -2.27. The molecule has 12 N–H and O–H groups in total. The summed E-state index contributed by atoms with van der Waals surface area (Å²) in [6, 6.07) is 41.0. The van der Waals surface area contributed by atoms with Crippen LogP contribution in [0.3, 0.4) is 0 Å². The van der Waals surface area contributed by atoms with Crippen LogP contribution >= 0.6 is 86.1 Å². The molecule has 704 valence electrons. The number of hydrogen-bond acceptors (Lipinski definition) is 31. The Labute approximate surface area is 811 Å². The van der Waals surface area contributed by atoms with Crippen LogP contribution in [0.2, 0.25) is 0 Å². The molecule has 5 amide bonds. The van der Waals surface area contributed by atoms with Gasteiger partial charge in [0.05, 0.1) is 37.3 Å². The Hall–Kier alpha value is -14.6. The van der Waals surface area contributed by atoms with Crippen LogP contribution in [0.25, 0.3) is 41.4 Å². The van der Waals surface area contributed by atoms with Crippen LogP contribution in [0.4, 0.5) is 61.7 Å². The molecule has 0 unspecified atom stereocenters. The first-order valence-corrected chi connectivity index (χ1v) is 44.3. The number of rotatable bonds is 16. The fourth-order valence-corrected chi connectivity index (χ4v) is 15.1. The molecule has 0 atom stereocenters. The average molecular weight is 2010 g/mol. The van der Waals surface area contributed by atoms with E-state index in [0.29, 0.717) is 118 Å². The van der Waals surface area contributed by atoms with Crippen LogP contribution in [-0.2, 0) is 36.6 Å². The first kappa shape index (κ1) is 107. The Bertz CT molecular complexity index is 6710. The molecule has 42 heteroatoms. The van der Waals surface area contributed by atoms with Crippen LogP contribution in [0, 0.1) is 61.8 Å². The number of thiophene rings is 4. The number of aryl methyl sites for hydroxylation is 6. The van der Waals surface area contributed by atoms with Gasteiger partial charge in [-0.3, -0.25) is 74.2 Å². The number of carbonyl (C=O) groups excluding carboxylic acids is 7. The van der Waals surface area contributed by atoms with Gasteiger partial charge in [-0.15, -0.1) is 70.2 Å². The zero-order valence-corrected chi connectivity index (χ0v) is 82.0. The maximum atomic E-state index is 12.7. The number of pyridine rings is 1. The van der Waals surface area contributed by atoms with E-state index in [1.165, 1.54) is 52.2 Å². The number of fused-ring (bicyclic) bond motifs is 4. The highest BCUT2D eigenvalue weighted by molar-refractivity contribution is 9.10. The summed E-state index contributed by atoms with van der Waals surface area (Å²) in [4.78, 5) is 158. The number of benzene rings is 6. The van der Waals surface area contributed by atoms with E-state index in [1.807, 2.05) is 84.9 Å². The minimum absolute atomic E-state index is 0. The fraction of sp³-hybridized carbons (Fsp3) is 0.215. The van der Waals surface area contributed by atoms with Crippen molar-refractivity contribution in [1.82, 2.24) is 44.9 Å². The zero-order chi connectivity index (χ0) is 97.3. The Morgan fingerprint density at radius 2 is 0.719 bits per heavy atom. The monoisotopic (exact) mass is 2010 g/mol. The van der Waals surface area contributed by atoms with Gasteiger partial charge in [0.25, 0.3) is 35.0 Å². The normalized spacial score (nSPS) is 10.6. The molecule has 15 rings (SSSR count). The summed E-state index contributed by atoms with van der Waals surface area (Å²) in [7, 11) is 0. The molecule has 0 spiro atoms. The number of esters is 2. The molecule has 0 aliphatic rings. The van der Waals surface area contributed by atoms with E-state index < -0.39 is 38.7 Å². The molecule has 9 heterocycles. The van der Waals surface area contributed by atoms with Gasteiger partial charge in [-0.1, -0.05) is 48.5 Å². The van der Waals surface area contributed by atoms with Crippen molar-refractivity contribution in [3.8, 4) is 0 Å². The number of hydrogen-bond donors (Lipinski definition) is 9. The van der Waals surface area contributed by atoms with Crippen molar-refractivity contribution in [3.05, 3.63) is 296 Å². The smallest absolute Gasteiger partial charge is 0.412 e. The highest BCUT2D eigenvalue weighted by atomic mass is 79.9. The number of carboxylic acids is 1. The third kappa shape index (κ3) is 33.9. The summed E-state index contributed by atoms with van der Waals surface area (Å²) in [6.45, 7) is 27.2. The standard InChI is InChI=1S/C20H14BrN5O2S.C19H20N4O3S.C14H12N4OS.C13H17NO4.C13H19NO2.C7H4N2O2S.C7H8N2O2.2ClH/c1-11-2-3-13(25-18(27)12-4-5-23-17(21)8-12)9-14(11)26-19(28)16-10-15-20(29-16)24-7-6-22-15;1-11-5-6-12(22-18(25)26-19(2,3)4)9-13(11)23-16(24)15-10-14-17(27-15)21-8-7-20-14;1-8-2-3-9(15)6-10(8)18-13(19)12-7-11-14(20-12)17-5-4-16-11;1-9-5-6-10(7-11(9)14(16)17)8-12(15)18-13(2,3)4;1-9-5-6-10(7-11(9)14)8-12(15)16-13(2,3)4;10-7(11)5-3-4-6(12-5)9-2-1-8-4;1-5-2-3-6(8)4-7(5)9(10)11;;/h2-10H,1H3,(H,25,27)(H,26,28);5-10H,1-4H3,(H,22,25)(H,23,24);2-7H,15H2,1H3,(H,18,19);5-7H,8H2,1-4H3;5-7H,8,14H2,1-4H3;1-3H,(H,10,11);2-4H,8H2,1H3;2*1H. The van der Waals surface area contributed by atoms with Gasteiger partial charge in [-0.05, 0) is 238 Å². The number of nitrogens with one attached hydrogen (secondary N) is 5. The second-order valence-corrected chi connectivity index (χ2v) is 37.0. The lowest BCUT2D eigenvalue weighted by Gasteiger charge is -2.20. The van der Waals surface area contributed by atoms with E-state index in [9.17, 15) is 58.6 Å². The number of carbonyl (C=O) groups is 8. The molecule has 0 aliphatic carbocycles. The average Bonchev–Trinajstić information content (AvgIpc) is 1.75. The molecule has 6 aromatic carbocycles. The second-order valence-electron chi connectivity index (χ2n) is 32.1. The largest absolute Gasteiger partial charge is 0.477 e. The van der Waals surface area contributed by atoms with Crippen molar-refractivity contribution in [2.24, 2.45) is 0 Å². The number of anilines is 8. The van der Waals surface area contributed by atoms with E-state index in [0.717, 1.165) is 49.5 Å². The summed E-state index contributed by atoms with van der Waals surface area (Å²) in [5.41, 5.74) is 29.8. The van der Waals surface area contributed by atoms with E-state index in [-0.39, 0.29) is 89.5 Å². The molecule has 0 aliphatic heterocycles. The van der Waals surface area contributed by atoms with Crippen molar-refractivity contribution >= 4 is 232 Å². The lowest BCUT2D eigenvalue weighted by molar-refractivity contribution is -0.385. The van der Waals surface area contributed by atoms with Crippen molar-refractivity contribution in [2.45, 2.75) is 134 Å². The number of nitro benzene ring substituents is 2.